The van der Waals surface area contributed by atoms with Crippen molar-refractivity contribution < 1.29 is 9.53 Å². The van der Waals surface area contributed by atoms with E-state index in [1.807, 2.05) is 0 Å². The van der Waals surface area contributed by atoms with Crippen molar-refractivity contribution in [2.75, 3.05) is 13.2 Å². The molecule has 0 spiro atoms. The lowest BCUT2D eigenvalue weighted by molar-refractivity contribution is -0.140. The number of hydrogen-bond acceptors (Lipinski definition) is 2. The number of likely N-dealkylation sites (tertiary alicyclic amines) is 1. The van der Waals surface area contributed by atoms with E-state index in [1.54, 1.807) is 0 Å². The zero-order valence-electron chi connectivity index (χ0n) is 8.89. The Labute approximate surface area is 90.1 Å². The molecular formula is C12H17NO2. The Morgan fingerprint density at radius 1 is 1.40 bits per heavy atom. The predicted molar refractivity (Wildman–Crippen MR) is 56.3 cm³/mol. The van der Waals surface area contributed by atoms with E-state index in [0.29, 0.717) is 18.1 Å². The number of nitrogens with zero attached hydrogens (tertiary/aromatic N) is 1. The van der Waals surface area contributed by atoms with Crippen LogP contribution in [0.2, 0.25) is 0 Å². The van der Waals surface area contributed by atoms with E-state index in [9.17, 15) is 4.79 Å². The highest BCUT2D eigenvalue weighted by Crippen LogP contribution is 2.31. The molecule has 82 valence electrons. The van der Waals surface area contributed by atoms with Crippen molar-refractivity contribution in [2.45, 2.75) is 37.8 Å². The number of carbonyl (C=O) groups is 1. The minimum absolute atomic E-state index is 0.245. The molecule has 3 nitrogen and oxygen atoms in total. The van der Waals surface area contributed by atoms with Gasteiger partial charge in [0.2, 0.25) is 5.91 Å². The van der Waals surface area contributed by atoms with Crippen LogP contribution < -0.4 is 0 Å². The van der Waals surface area contributed by atoms with Crippen LogP contribution in [0.5, 0.6) is 0 Å². The molecule has 3 rings (SSSR count). The van der Waals surface area contributed by atoms with Gasteiger partial charge in [-0.05, 0) is 25.7 Å². The Balaban J connectivity index is 1.67. The van der Waals surface area contributed by atoms with Crippen LogP contribution in [0.25, 0.3) is 0 Å². The van der Waals surface area contributed by atoms with Crippen molar-refractivity contribution in [3.8, 4) is 0 Å². The minimum Gasteiger partial charge on any atom is -0.374 e. The SMILES string of the molecule is O=C([C@H]1CC=CCC1)N1C[C@H]2C[C@H]1CO2. The number of amides is 1. The van der Waals surface area contributed by atoms with Crippen LogP contribution in [0.3, 0.4) is 0 Å². The highest BCUT2D eigenvalue weighted by Gasteiger charge is 2.42. The van der Waals surface area contributed by atoms with Crippen LogP contribution in [0, 0.1) is 5.92 Å². The zero-order chi connectivity index (χ0) is 10.3. The van der Waals surface area contributed by atoms with Crippen LogP contribution >= 0.6 is 0 Å². The quantitative estimate of drug-likeness (QED) is 0.607. The summed E-state index contributed by atoms with van der Waals surface area (Å²) in [7, 11) is 0. The topological polar surface area (TPSA) is 29.5 Å². The van der Waals surface area contributed by atoms with Crippen LogP contribution in [-0.2, 0) is 9.53 Å². The third-order valence-corrected chi connectivity index (χ3v) is 3.80. The van der Waals surface area contributed by atoms with Crippen molar-refractivity contribution in [3.63, 3.8) is 0 Å². The molecule has 0 aromatic heterocycles. The van der Waals surface area contributed by atoms with Crippen LogP contribution in [0.4, 0.5) is 0 Å². The molecule has 0 aromatic rings. The Hall–Kier alpha value is -0.830. The lowest BCUT2D eigenvalue weighted by Gasteiger charge is -2.31. The van der Waals surface area contributed by atoms with Gasteiger partial charge in [-0.25, -0.2) is 0 Å². The van der Waals surface area contributed by atoms with Crippen LogP contribution in [0.1, 0.15) is 25.7 Å². The highest BCUT2D eigenvalue weighted by atomic mass is 16.5. The van der Waals surface area contributed by atoms with E-state index < -0.39 is 0 Å². The summed E-state index contributed by atoms with van der Waals surface area (Å²) in [6, 6.07) is 0.383. The third kappa shape index (κ3) is 1.59. The monoisotopic (exact) mass is 207 g/mol. The molecule has 0 unspecified atom stereocenters. The van der Waals surface area contributed by atoms with E-state index in [2.05, 4.69) is 17.1 Å². The van der Waals surface area contributed by atoms with Crippen molar-refractivity contribution >= 4 is 5.91 Å². The van der Waals surface area contributed by atoms with Crippen LogP contribution in [-0.4, -0.2) is 36.1 Å². The van der Waals surface area contributed by atoms with Gasteiger partial charge in [0.25, 0.3) is 0 Å². The first-order chi connectivity index (χ1) is 7.34. The molecule has 15 heavy (non-hydrogen) atoms. The summed E-state index contributed by atoms with van der Waals surface area (Å²) < 4.78 is 5.51. The maximum absolute atomic E-state index is 12.2. The Kier molecular flexibility index (Phi) is 2.28. The van der Waals surface area contributed by atoms with Gasteiger partial charge in [-0.1, -0.05) is 12.2 Å². The van der Waals surface area contributed by atoms with Gasteiger partial charge in [0, 0.05) is 12.5 Å². The van der Waals surface area contributed by atoms with Gasteiger partial charge in [0.05, 0.1) is 18.8 Å². The van der Waals surface area contributed by atoms with Gasteiger partial charge < -0.3 is 9.64 Å². The Bertz CT molecular complexity index is 300. The number of fused-ring (bicyclic) bond motifs is 2. The third-order valence-electron chi connectivity index (χ3n) is 3.80. The fourth-order valence-electron chi connectivity index (χ4n) is 2.92. The molecule has 0 radical (unpaired) electrons. The molecule has 2 aliphatic heterocycles. The molecule has 3 heteroatoms. The summed E-state index contributed by atoms with van der Waals surface area (Å²) in [5.74, 6) is 0.615. The number of morpholine rings is 1. The molecule has 2 bridgehead atoms. The number of hydrogen-bond donors (Lipinski definition) is 0. The van der Waals surface area contributed by atoms with E-state index in [1.165, 1.54) is 0 Å². The molecular weight excluding hydrogens is 190 g/mol. The number of allylic oxidation sites excluding steroid dienone is 2. The Morgan fingerprint density at radius 2 is 2.33 bits per heavy atom. The van der Waals surface area contributed by atoms with Crippen molar-refractivity contribution in [1.29, 1.82) is 0 Å². The zero-order valence-corrected chi connectivity index (χ0v) is 8.89. The first-order valence-corrected chi connectivity index (χ1v) is 5.91. The second-order valence-corrected chi connectivity index (χ2v) is 4.82. The normalized spacial score (nSPS) is 38.7. The van der Waals surface area contributed by atoms with Gasteiger partial charge in [0.15, 0.2) is 0 Å². The van der Waals surface area contributed by atoms with Crippen molar-refractivity contribution in [1.82, 2.24) is 4.90 Å². The molecule has 2 heterocycles. The average Bonchev–Trinajstić information content (AvgIpc) is 2.91. The smallest absolute Gasteiger partial charge is 0.226 e. The number of rotatable bonds is 1. The van der Waals surface area contributed by atoms with E-state index in [0.717, 1.165) is 38.8 Å². The molecule has 3 atom stereocenters. The highest BCUT2D eigenvalue weighted by molar-refractivity contribution is 5.80. The van der Waals surface area contributed by atoms with E-state index in [-0.39, 0.29) is 5.92 Å². The molecule has 0 N–H and O–H groups in total. The first kappa shape index (κ1) is 9.40. The van der Waals surface area contributed by atoms with Gasteiger partial charge in [0.1, 0.15) is 0 Å². The van der Waals surface area contributed by atoms with Gasteiger partial charge in [-0.15, -0.1) is 0 Å². The molecule has 2 fully saturated rings. The molecule has 1 amide bonds. The second-order valence-electron chi connectivity index (χ2n) is 4.82. The summed E-state index contributed by atoms with van der Waals surface area (Å²) in [5.41, 5.74) is 0. The first-order valence-electron chi connectivity index (χ1n) is 5.91. The molecule has 3 aliphatic rings. The minimum atomic E-state index is 0.245. The summed E-state index contributed by atoms with van der Waals surface area (Å²) in [4.78, 5) is 14.3. The largest absolute Gasteiger partial charge is 0.374 e. The van der Waals surface area contributed by atoms with Crippen molar-refractivity contribution in [2.24, 2.45) is 5.92 Å². The van der Waals surface area contributed by atoms with Crippen LogP contribution in [0.15, 0.2) is 12.2 Å². The van der Waals surface area contributed by atoms with Gasteiger partial charge in [-0.3, -0.25) is 4.79 Å². The lowest BCUT2D eigenvalue weighted by Crippen LogP contribution is -2.44. The summed E-state index contributed by atoms with van der Waals surface area (Å²) in [6.07, 6.45) is 8.76. The van der Waals surface area contributed by atoms with Crippen molar-refractivity contribution in [3.05, 3.63) is 12.2 Å². The average molecular weight is 207 g/mol. The van der Waals surface area contributed by atoms with Gasteiger partial charge in [-0.2, -0.15) is 0 Å². The molecule has 0 saturated carbocycles. The van der Waals surface area contributed by atoms with E-state index >= 15 is 0 Å². The van der Waals surface area contributed by atoms with Gasteiger partial charge >= 0.3 is 0 Å². The number of carbonyl (C=O) groups excluding carboxylic acids is 1. The van der Waals surface area contributed by atoms with E-state index in [4.69, 9.17) is 4.74 Å². The summed E-state index contributed by atoms with van der Waals surface area (Å²) >= 11 is 0. The summed E-state index contributed by atoms with van der Waals surface area (Å²) in [6.45, 7) is 1.60. The second kappa shape index (κ2) is 3.63. The summed E-state index contributed by atoms with van der Waals surface area (Å²) in [5, 5.41) is 0. The fraction of sp³-hybridized carbons (Fsp3) is 0.750. The Morgan fingerprint density at radius 3 is 2.93 bits per heavy atom. The number of ether oxygens (including phenoxy) is 1. The standard InChI is InChI=1S/C12H17NO2/c14-12(9-4-2-1-3-5-9)13-7-11-6-10(13)8-15-11/h1-2,9-11H,3-8H2/t9-,10-,11+/m0/s1. The molecule has 1 aliphatic carbocycles. The predicted octanol–water partition coefficient (Wildman–Crippen LogP) is 1.34. The fourth-order valence-corrected chi connectivity index (χ4v) is 2.92. The maximum atomic E-state index is 12.2. The molecule has 2 saturated heterocycles. The molecule has 0 aromatic carbocycles. The maximum Gasteiger partial charge on any atom is 0.226 e. The lowest BCUT2D eigenvalue weighted by atomic mass is 9.93.